The molecule has 4 amide bonds. The minimum atomic E-state index is -1.05. The van der Waals surface area contributed by atoms with Crippen molar-refractivity contribution in [2.45, 2.75) is 77.6 Å². The van der Waals surface area contributed by atoms with E-state index in [1.165, 1.54) is 11.9 Å². The highest BCUT2D eigenvalue weighted by atomic mass is 16.6. The van der Waals surface area contributed by atoms with E-state index in [-0.39, 0.29) is 25.3 Å². The van der Waals surface area contributed by atoms with Crippen LogP contribution in [-0.2, 0) is 25.5 Å². The highest BCUT2D eigenvalue weighted by molar-refractivity contribution is 6.21. The number of likely N-dealkylation sites (N-methyl/N-ethyl adjacent to an activating group) is 1. The number of imide groups is 1. The van der Waals surface area contributed by atoms with Crippen LogP contribution in [0.5, 0.6) is 0 Å². The Morgan fingerprint density at radius 1 is 0.854 bits per heavy atom. The van der Waals surface area contributed by atoms with Crippen LogP contribution in [0.2, 0.25) is 0 Å². The van der Waals surface area contributed by atoms with Gasteiger partial charge in [-0.3, -0.25) is 34.2 Å². The van der Waals surface area contributed by atoms with Gasteiger partial charge in [0.25, 0.3) is 11.8 Å². The average molecular weight is 655 g/mol. The van der Waals surface area contributed by atoms with Crippen LogP contribution in [-0.4, -0.2) is 76.7 Å². The number of nitrogens with two attached hydrogens (primary N) is 1. The van der Waals surface area contributed by atoms with Gasteiger partial charge in [-0.2, -0.15) is 0 Å². The summed E-state index contributed by atoms with van der Waals surface area (Å²) in [6.07, 6.45) is 0.573. The van der Waals surface area contributed by atoms with Crippen molar-refractivity contribution < 1.29 is 28.7 Å². The molecule has 254 valence electrons. The Kier molecular flexibility index (Phi) is 11.5. The first-order valence-electron chi connectivity index (χ1n) is 16.3. The first-order chi connectivity index (χ1) is 22.7. The quantitative estimate of drug-likeness (QED) is 0.191. The van der Waals surface area contributed by atoms with E-state index in [9.17, 15) is 24.0 Å². The zero-order chi connectivity index (χ0) is 35.2. The molecule has 0 fully saturated rings. The monoisotopic (exact) mass is 654 g/mol. The van der Waals surface area contributed by atoms with Crippen molar-refractivity contribution in [3.05, 3.63) is 95.6 Å². The number of nitrogens with one attached hydrogen (secondary N) is 1. The van der Waals surface area contributed by atoms with Crippen molar-refractivity contribution in [3.8, 4) is 11.1 Å². The SMILES string of the molecule is CC(C)C[C@H](N[C@H](CCN1C(=O)c2ccc(-c3ccccc3)cc2C1=O)C(=O)OC(C)(C)C)C(=O)N(C)[C@@H](Cc1ccccc1)C(N)=O. The molecule has 0 aromatic heterocycles. The molecule has 0 radical (unpaired) electrons. The van der Waals surface area contributed by atoms with Gasteiger partial charge in [0.1, 0.15) is 17.7 Å². The number of nitrogens with zero attached hydrogens (tertiary/aromatic N) is 2. The van der Waals surface area contributed by atoms with E-state index in [1.54, 1.807) is 32.9 Å². The van der Waals surface area contributed by atoms with Crippen molar-refractivity contribution in [2.75, 3.05) is 13.6 Å². The first-order valence-corrected chi connectivity index (χ1v) is 16.3. The van der Waals surface area contributed by atoms with E-state index in [1.807, 2.05) is 80.6 Å². The second-order valence-corrected chi connectivity index (χ2v) is 13.7. The molecule has 0 aliphatic carbocycles. The predicted molar refractivity (Wildman–Crippen MR) is 184 cm³/mol. The lowest BCUT2D eigenvalue weighted by molar-refractivity contribution is -0.158. The number of carbonyl (C=O) groups is 5. The van der Waals surface area contributed by atoms with E-state index in [2.05, 4.69) is 5.32 Å². The van der Waals surface area contributed by atoms with Crippen LogP contribution in [0, 0.1) is 5.92 Å². The fourth-order valence-electron chi connectivity index (χ4n) is 5.82. The Labute approximate surface area is 282 Å². The Bertz CT molecular complexity index is 1630. The van der Waals surface area contributed by atoms with Gasteiger partial charge in [0, 0.05) is 20.0 Å². The molecular weight excluding hydrogens is 608 g/mol. The summed E-state index contributed by atoms with van der Waals surface area (Å²) in [4.78, 5) is 69.5. The summed E-state index contributed by atoms with van der Waals surface area (Å²) in [5, 5.41) is 3.18. The summed E-state index contributed by atoms with van der Waals surface area (Å²) in [7, 11) is 1.53. The maximum absolute atomic E-state index is 14.0. The van der Waals surface area contributed by atoms with Crippen LogP contribution in [0.1, 0.15) is 73.7 Å². The minimum absolute atomic E-state index is 0.000771. The highest BCUT2D eigenvalue weighted by Gasteiger charge is 2.39. The van der Waals surface area contributed by atoms with E-state index in [0.717, 1.165) is 21.6 Å². The third-order valence-electron chi connectivity index (χ3n) is 8.23. The van der Waals surface area contributed by atoms with Gasteiger partial charge in [-0.25, -0.2) is 0 Å². The van der Waals surface area contributed by atoms with Crippen molar-refractivity contribution in [3.63, 3.8) is 0 Å². The van der Waals surface area contributed by atoms with Crippen molar-refractivity contribution >= 4 is 29.6 Å². The van der Waals surface area contributed by atoms with Gasteiger partial charge in [0.05, 0.1) is 17.2 Å². The summed E-state index contributed by atoms with van der Waals surface area (Å²) in [5.41, 5.74) is 8.11. The van der Waals surface area contributed by atoms with Gasteiger partial charge < -0.3 is 15.4 Å². The molecule has 0 saturated carbocycles. The highest BCUT2D eigenvalue weighted by Crippen LogP contribution is 2.29. The van der Waals surface area contributed by atoms with Gasteiger partial charge >= 0.3 is 5.97 Å². The smallest absolute Gasteiger partial charge is 0.323 e. The second-order valence-electron chi connectivity index (χ2n) is 13.7. The van der Waals surface area contributed by atoms with E-state index in [4.69, 9.17) is 10.5 Å². The Morgan fingerprint density at radius 2 is 1.46 bits per heavy atom. The molecular formula is C38H46N4O6. The number of carbonyl (C=O) groups excluding carboxylic acids is 5. The standard InChI is InChI=1S/C38H46N4O6/c1-24(2)21-31(36(46)41(6)32(33(39)43)22-25-13-9-7-10-14-25)40-30(37(47)48-38(3,4)5)19-20-42-34(44)28-18-17-27(23-29(28)35(42)45)26-15-11-8-12-16-26/h7-18,23-24,30-32,40H,19-22H2,1-6H3,(H2,39,43)/t30-,31+,32+/m1/s1. The summed E-state index contributed by atoms with van der Waals surface area (Å²) in [5.74, 6) is -2.54. The maximum Gasteiger partial charge on any atom is 0.323 e. The fraction of sp³-hybridized carbons (Fsp3) is 0.395. The lowest BCUT2D eigenvalue weighted by Crippen LogP contribution is -2.57. The van der Waals surface area contributed by atoms with Crippen LogP contribution in [0.25, 0.3) is 11.1 Å². The van der Waals surface area contributed by atoms with Crippen LogP contribution in [0.15, 0.2) is 78.9 Å². The van der Waals surface area contributed by atoms with Gasteiger partial charge in [-0.1, -0.05) is 80.6 Å². The third-order valence-corrected chi connectivity index (χ3v) is 8.23. The number of esters is 1. The number of benzene rings is 3. The van der Waals surface area contributed by atoms with Gasteiger partial charge in [0.2, 0.25) is 11.8 Å². The number of hydrogen-bond donors (Lipinski definition) is 2. The van der Waals surface area contributed by atoms with Gasteiger partial charge in [-0.05, 0) is 68.4 Å². The number of ether oxygens (including phenoxy) is 1. The summed E-state index contributed by atoms with van der Waals surface area (Å²) < 4.78 is 5.72. The zero-order valence-corrected chi connectivity index (χ0v) is 28.6. The van der Waals surface area contributed by atoms with Crippen LogP contribution in [0.4, 0.5) is 0 Å². The van der Waals surface area contributed by atoms with E-state index in [0.29, 0.717) is 17.5 Å². The lowest BCUT2D eigenvalue weighted by Gasteiger charge is -2.33. The van der Waals surface area contributed by atoms with Crippen molar-refractivity contribution in [2.24, 2.45) is 11.7 Å². The molecule has 10 nitrogen and oxygen atoms in total. The Hall–Kier alpha value is -4.83. The molecule has 4 rings (SSSR count). The molecule has 1 heterocycles. The summed E-state index contributed by atoms with van der Waals surface area (Å²) in [6.45, 7) is 9.03. The fourth-order valence-corrected chi connectivity index (χ4v) is 5.82. The number of fused-ring (bicyclic) bond motifs is 1. The van der Waals surface area contributed by atoms with E-state index < -0.39 is 53.3 Å². The Balaban J connectivity index is 1.56. The maximum atomic E-state index is 14.0. The molecule has 0 spiro atoms. The molecule has 0 saturated heterocycles. The largest absolute Gasteiger partial charge is 0.459 e. The topological polar surface area (TPSA) is 139 Å². The molecule has 0 unspecified atom stereocenters. The summed E-state index contributed by atoms with van der Waals surface area (Å²) in [6, 6.07) is 21.2. The third kappa shape index (κ3) is 8.95. The second kappa shape index (κ2) is 15.4. The molecule has 10 heteroatoms. The number of primary amides is 1. The first kappa shape index (κ1) is 36.0. The molecule has 3 N–H and O–H groups in total. The Morgan fingerprint density at radius 3 is 2.04 bits per heavy atom. The molecule has 3 aromatic rings. The lowest BCUT2D eigenvalue weighted by atomic mass is 9.98. The van der Waals surface area contributed by atoms with Gasteiger partial charge in [-0.15, -0.1) is 0 Å². The average Bonchev–Trinajstić information content (AvgIpc) is 3.28. The van der Waals surface area contributed by atoms with Crippen molar-refractivity contribution in [1.82, 2.24) is 15.1 Å². The number of hydrogen-bond acceptors (Lipinski definition) is 7. The van der Waals surface area contributed by atoms with Crippen molar-refractivity contribution in [1.29, 1.82) is 0 Å². The van der Waals surface area contributed by atoms with Crippen LogP contribution >= 0.6 is 0 Å². The molecule has 0 bridgehead atoms. The molecule has 3 aromatic carbocycles. The number of amides is 4. The normalized spacial score (nSPS) is 14.8. The van der Waals surface area contributed by atoms with Gasteiger partial charge in [0.15, 0.2) is 0 Å². The van der Waals surface area contributed by atoms with Crippen LogP contribution < -0.4 is 11.1 Å². The van der Waals surface area contributed by atoms with E-state index >= 15 is 0 Å². The molecule has 1 aliphatic heterocycles. The summed E-state index contributed by atoms with van der Waals surface area (Å²) >= 11 is 0. The predicted octanol–water partition coefficient (Wildman–Crippen LogP) is 4.61. The molecule has 48 heavy (non-hydrogen) atoms. The molecule has 3 atom stereocenters. The zero-order valence-electron chi connectivity index (χ0n) is 28.6. The molecule has 1 aliphatic rings. The van der Waals surface area contributed by atoms with Crippen LogP contribution in [0.3, 0.4) is 0 Å². The number of rotatable bonds is 14. The minimum Gasteiger partial charge on any atom is -0.459 e.